The van der Waals surface area contributed by atoms with Crippen LogP contribution in [0.25, 0.3) is 32.1 Å². The zero-order chi connectivity index (χ0) is 20.0. The first-order valence-corrected chi connectivity index (χ1v) is 10.3. The smallest absolute Gasteiger partial charge is 0.266 e. The summed E-state index contributed by atoms with van der Waals surface area (Å²) in [7, 11) is 1.65. The Balaban J connectivity index is 1.71. The van der Waals surface area contributed by atoms with E-state index in [0.29, 0.717) is 17.9 Å². The lowest BCUT2D eigenvalue weighted by atomic mass is 9.85. The van der Waals surface area contributed by atoms with E-state index in [1.54, 1.807) is 7.11 Å². The summed E-state index contributed by atoms with van der Waals surface area (Å²) in [5.41, 5.74) is 3.63. The highest BCUT2D eigenvalue weighted by Crippen LogP contribution is 2.41. The number of benzene rings is 2. The van der Waals surface area contributed by atoms with Crippen LogP contribution in [0.3, 0.4) is 0 Å². The molecule has 0 saturated carbocycles. The van der Waals surface area contributed by atoms with Crippen molar-refractivity contribution < 1.29 is 9.47 Å². The molecule has 3 heterocycles. The molecule has 1 aliphatic rings. The molecular formula is C23H18N2O3S. The van der Waals surface area contributed by atoms with Gasteiger partial charge in [-0.05, 0) is 34.7 Å². The third kappa shape index (κ3) is 2.82. The molecule has 2 aromatic carbocycles. The number of nitrogens with one attached hydrogen (secondary N) is 1. The first-order chi connectivity index (χ1) is 14.2. The summed E-state index contributed by atoms with van der Waals surface area (Å²) in [6, 6.07) is 16.2. The Labute approximate surface area is 171 Å². The molecule has 5 nitrogen and oxygen atoms in total. The van der Waals surface area contributed by atoms with Gasteiger partial charge in [0, 0.05) is 27.8 Å². The summed E-state index contributed by atoms with van der Waals surface area (Å²) in [6.45, 7) is 1.28. The van der Waals surface area contributed by atoms with Crippen LogP contribution >= 0.6 is 11.3 Å². The van der Waals surface area contributed by atoms with E-state index in [-0.39, 0.29) is 17.4 Å². The van der Waals surface area contributed by atoms with E-state index in [2.05, 4.69) is 11.1 Å². The molecule has 4 aromatic rings. The Bertz CT molecular complexity index is 1310. The highest BCUT2D eigenvalue weighted by atomic mass is 32.1. The van der Waals surface area contributed by atoms with Crippen molar-refractivity contribution in [3.63, 3.8) is 0 Å². The molecule has 1 fully saturated rings. The Hall–Kier alpha value is -3.14. The van der Waals surface area contributed by atoms with Crippen molar-refractivity contribution in [2.45, 2.75) is 5.92 Å². The van der Waals surface area contributed by atoms with E-state index < -0.39 is 0 Å². The largest absolute Gasteiger partial charge is 0.496 e. The van der Waals surface area contributed by atoms with Crippen molar-refractivity contribution in [2.24, 2.45) is 5.92 Å². The third-order valence-electron chi connectivity index (χ3n) is 5.61. The predicted octanol–water partition coefficient (Wildman–Crippen LogP) is 4.67. The minimum atomic E-state index is -0.160. The van der Waals surface area contributed by atoms with Crippen LogP contribution in [0.5, 0.6) is 5.75 Å². The summed E-state index contributed by atoms with van der Waals surface area (Å²) in [6.07, 6.45) is 0. The van der Waals surface area contributed by atoms with Gasteiger partial charge in [0.15, 0.2) is 0 Å². The molecule has 2 aromatic heterocycles. The summed E-state index contributed by atoms with van der Waals surface area (Å²) >= 11 is 1.44. The molecule has 1 unspecified atom stereocenters. The van der Waals surface area contributed by atoms with Gasteiger partial charge >= 0.3 is 0 Å². The molecule has 0 bridgehead atoms. The highest BCUT2D eigenvalue weighted by Gasteiger charge is 2.29. The minimum Gasteiger partial charge on any atom is -0.496 e. The fraction of sp³-hybridized carbons (Fsp3) is 0.217. The third-order valence-corrected chi connectivity index (χ3v) is 6.52. The summed E-state index contributed by atoms with van der Waals surface area (Å²) in [5.74, 6) is 0.842. The zero-order valence-corrected chi connectivity index (χ0v) is 16.6. The first-order valence-electron chi connectivity index (χ1n) is 9.39. The summed E-state index contributed by atoms with van der Waals surface area (Å²) in [4.78, 5) is 15.4. The van der Waals surface area contributed by atoms with Crippen LogP contribution in [-0.4, -0.2) is 25.3 Å². The topological polar surface area (TPSA) is 75.1 Å². The van der Waals surface area contributed by atoms with Gasteiger partial charge in [-0.1, -0.05) is 24.3 Å². The number of pyridine rings is 1. The van der Waals surface area contributed by atoms with Crippen molar-refractivity contribution in [3.05, 3.63) is 63.8 Å². The fourth-order valence-corrected chi connectivity index (χ4v) is 4.84. The maximum atomic E-state index is 12.4. The number of rotatable bonds is 4. The van der Waals surface area contributed by atoms with Gasteiger partial charge in [0.05, 0.1) is 32.3 Å². The SMILES string of the molecule is COc1ccc2[nH]c(=O)c3sccc3c2c1-c1ccc(C(C#N)C2COC2)cc1. The van der Waals surface area contributed by atoms with Gasteiger partial charge in [-0.3, -0.25) is 4.79 Å². The normalized spacial score (nSPS) is 15.2. The van der Waals surface area contributed by atoms with Crippen LogP contribution in [0.1, 0.15) is 11.5 Å². The molecule has 0 aliphatic carbocycles. The number of ether oxygens (including phenoxy) is 2. The molecule has 6 heteroatoms. The number of hydrogen-bond acceptors (Lipinski definition) is 5. The van der Waals surface area contributed by atoms with Gasteiger partial charge in [0.25, 0.3) is 5.56 Å². The summed E-state index contributed by atoms with van der Waals surface area (Å²) < 4.78 is 11.6. The number of hydrogen-bond donors (Lipinski definition) is 1. The molecule has 5 rings (SSSR count). The molecule has 1 aliphatic heterocycles. The van der Waals surface area contributed by atoms with E-state index in [1.165, 1.54) is 11.3 Å². The maximum absolute atomic E-state index is 12.4. The molecule has 0 spiro atoms. The van der Waals surface area contributed by atoms with Crippen molar-refractivity contribution in [2.75, 3.05) is 20.3 Å². The second kappa shape index (κ2) is 7.03. The van der Waals surface area contributed by atoms with Crippen LogP contribution in [0, 0.1) is 17.2 Å². The number of methoxy groups -OCH3 is 1. The van der Waals surface area contributed by atoms with Gasteiger partial charge in [0.1, 0.15) is 10.4 Å². The molecule has 29 heavy (non-hydrogen) atoms. The standard InChI is InChI=1S/C23H18N2O3S/c1-27-19-7-6-18-21(16-8-9-29-22(16)23(26)25-18)20(19)14-4-2-13(3-5-14)17(10-24)15-11-28-12-15/h2-9,15,17H,11-12H2,1H3,(H,25,26). The summed E-state index contributed by atoms with van der Waals surface area (Å²) in [5, 5.41) is 13.4. The van der Waals surface area contributed by atoms with E-state index in [0.717, 1.165) is 38.7 Å². The lowest BCUT2D eigenvalue weighted by Crippen LogP contribution is -2.32. The second-order valence-electron chi connectivity index (χ2n) is 7.21. The predicted molar refractivity (Wildman–Crippen MR) is 115 cm³/mol. The fourth-order valence-electron chi connectivity index (χ4n) is 4.04. The Morgan fingerprint density at radius 2 is 2.00 bits per heavy atom. The van der Waals surface area contributed by atoms with Crippen LogP contribution in [0.2, 0.25) is 0 Å². The van der Waals surface area contributed by atoms with E-state index >= 15 is 0 Å². The number of aromatic nitrogens is 1. The van der Waals surface area contributed by atoms with E-state index in [9.17, 15) is 10.1 Å². The second-order valence-corrected chi connectivity index (χ2v) is 8.13. The molecule has 1 saturated heterocycles. The first kappa shape index (κ1) is 17.9. The van der Waals surface area contributed by atoms with E-state index in [1.807, 2.05) is 47.8 Å². The van der Waals surface area contributed by atoms with Crippen LogP contribution in [0.4, 0.5) is 0 Å². The van der Waals surface area contributed by atoms with Gasteiger partial charge in [-0.15, -0.1) is 11.3 Å². The van der Waals surface area contributed by atoms with Gasteiger partial charge in [0.2, 0.25) is 0 Å². The molecular weight excluding hydrogens is 384 g/mol. The number of thiophene rings is 1. The van der Waals surface area contributed by atoms with Crippen LogP contribution < -0.4 is 10.3 Å². The van der Waals surface area contributed by atoms with Crippen molar-refractivity contribution in [1.82, 2.24) is 4.98 Å². The van der Waals surface area contributed by atoms with Gasteiger partial charge in [-0.2, -0.15) is 5.26 Å². The zero-order valence-electron chi connectivity index (χ0n) is 15.8. The highest BCUT2D eigenvalue weighted by molar-refractivity contribution is 7.17. The number of nitriles is 1. The number of aromatic amines is 1. The molecule has 1 atom stereocenters. The molecule has 0 radical (unpaired) electrons. The van der Waals surface area contributed by atoms with Crippen molar-refractivity contribution >= 4 is 32.3 Å². The average Bonchev–Trinajstić information content (AvgIpc) is 3.21. The van der Waals surface area contributed by atoms with Crippen LogP contribution in [-0.2, 0) is 4.74 Å². The Morgan fingerprint density at radius 3 is 2.66 bits per heavy atom. The number of fused-ring (bicyclic) bond motifs is 3. The average molecular weight is 402 g/mol. The number of H-pyrrole nitrogens is 1. The van der Waals surface area contributed by atoms with E-state index in [4.69, 9.17) is 9.47 Å². The maximum Gasteiger partial charge on any atom is 0.266 e. The Morgan fingerprint density at radius 1 is 1.21 bits per heavy atom. The lowest BCUT2D eigenvalue weighted by molar-refractivity contribution is -0.0372. The van der Waals surface area contributed by atoms with Crippen LogP contribution in [0.15, 0.2) is 52.6 Å². The van der Waals surface area contributed by atoms with Crippen molar-refractivity contribution in [3.8, 4) is 22.9 Å². The molecule has 144 valence electrons. The Kier molecular flexibility index (Phi) is 4.35. The lowest BCUT2D eigenvalue weighted by Gasteiger charge is -2.30. The van der Waals surface area contributed by atoms with Crippen molar-refractivity contribution in [1.29, 1.82) is 5.26 Å². The van der Waals surface area contributed by atoms with Gasteiger partial charge < -0.3 is 14.5 Å². The molecule has 1 N–H and O–H groups in total. The van der Waals surface area contributed by atoms with Gasteiger partial charge in [-0.25, -0.2) is 0 Å². The quantitative estimate of drug-likeness (QED) is 0.538. The minimum absolute atomic E-state index is 0.0754. The number of nitrogens with zero attached hydrogens (tertiary/aromatic N) is 1. The monoisotopic (exact) mass is 402 g/mol. The molecule has 0 amide bonds.